The van der Waals surface area contributed by atoms with Crippen molar-refractivity contribution >= 4 is 17.2 Å². The van der Waals surface area contributed by atoms with Gasteiger partial charge in [-0.1, -0.05) is 18.1 Å². The van der Waals surface area contributed by atoms with Crippen LogP contribution in [0.25, 0.3) is 16.8 Å². The summed E-state index contributed by atoms with van der Waals surface area (Å²) in [4.78, 5) is 27.6. The molecule has 5 rings (SSSR count). The van der Waals surface area contributed by atoms with Gasteiger partial charge in [-0.2, -0.15) is 13.2 Å². The number of pyridine rings is 1. The topological polar surface area (TPSA) is 75.4 Å². The molecule has 1 aliphatic rings. The second-order valence-electron chi connectivity index (χ2n) is 8.72. The molecule has 0 saturated carbocycles. The summed E-state index contributed by atoms with van der Waals surface area (Å²) in [5.41, 5.74) is 1.22. The number of nitrogens with zero attached hydrogens (tertiary/aromatic N) is 5. The molecule has 0 aliphatic carbocycles. The molecular formula is C27H22F4N6O. The third-order valence-electron chi connectivity index (χ3n) is 6.34. The van der Waals surface area contributed by atoms with Crippen LogP contribution in [0.5, 0.6) is 0 Å². The fourth-order valence-electron chi connectivity index (χ4n) is 4.62. The molecule has 194 valence electrons. The second kappa shape index (κ2) is 10.1. The first kappa shape index (κ1) is 25.2. The highest BCUT2D eigenvalue weighted by Crippen LogP contribution is 2.36. The predicted molar refractivity (Wildman–Crippen MR) is 133 cm³/mol. The smallest absolute Gasteiger partial charge is 0.322 e. The number of fused-ring (bicyclic) bond motifs is 1. The molecule has 1 saturated heterocycles. The van der Waals surface area contributed by atoms with Gasteiger partial charge in [0.1, 0.15) is 18.3 Å². The van der Waals surface area contributed by atoms with Crippen molar-refractivity contribution in [3.63, 3.8) is 0 Å². The van der Waals surface area contributed by atoms with E-state index < -0.39 is 24.3 Å². The van der Waals surface area contributed by atoms with E-state index >= 15 is 0 Å². The zero-order chi connectivity index (χ0) is 26.9. The summed E-state index contributed by atoms with van der Waals surface area (Å²) in [6.07, 6.45) is 1.52. The average molecular weight is 523 g/mol. The quantitative estimate of drug-likeness (QED) is 0.271. The van der Waals surface area contributed by atoms with Crippen LogP contribution < -0.4 is 5.32 Å². The van der Waals surface area contributed by atoms with E-state index in [1.54, 1.807) is 25.3 Å². The van der Waals surface area contributed by atoms with Gasteiger partial charge in [0, 0.05) is 42.3 Å². The number of rotatable bonds is 5. The van der Waals surface area contributed by atoms with Crippen LogP contribution in [0, 0.1) is 12.0 Å². The summed E-state index contributed by atoms with van der Waals surface area (Å²) in [5.74, 6) is 2.82. The van der Waals surface area contributed by atoms with Crippen LogP contribution in [0.2, 0.25) is 0 Å². The Hall–Kier alpha value is -4.46. The van der Waals surface area contributed by atoms with Crippen molar-refractivity contribution in [1.82, 2.24) is 24.3 Å². The van der Waals surface area contributed by atoms with Crippen LogP contribution in [0.15, 0.2) is 55.0 Å². The summed E-state index contributed by atoms with van der Waals surface area (Å²) in [5, 5.41) is 2.39. The number of carbonyl (C=O) groups excluding carboxylic acids is 1. The van der Waals surface area contributed by atoms with Gasteiger partial charge in [0.15, 0.2) is 0 Å². The number of nitrogens with one attached hydrogen (secondary N) is 1. The van der Waals surface area contributed by atoms with Gasteiger partial charge < -0.3 is 10.2 Å². The number of hydrogen-bond acceptors (Lipinski definition) is 5. The molecule has 11 heteroatoms. The first-order valence-electron chi connectivity index (χ1n) is 11.9. The summed E-state index contributed by atoms with van der Waals surface area (Å²) in [7, 11) is 0. The van der Waals surface area contributed by atoms with E-state index in [-0.39, 0.29) is 23.1 Å². The van der Waals surface area contributed by atoms with E-state index in [1.807, 2.05) is 9.30 Å². The van der Waals surface area contributed by atoms with Gasteiger partial charge in [-0.25, -0.2) is 14.4 Å². The molecule has 1 aromatic carbocycles. The van der Waals surface area contributed by atoms with E-state index in [0.717, 1.165) is 43.5 Å². The molecule has 0 bridgehead atoms. The van der Waals surface area contributed by atoms with Crippen LogP contribution in [0.4, 0.5) is 23.4 Å². The molecular weight excluding hydrogens is 500 g/mol. The first-order chi connectivity index (χ1) is 18.3. The van der Waals surface area contributed by atoms with Crippen LogP contribution in [-0.4, -0.2) is 36.7 Å². The number of amides is 1. The Bertz CT molecular complexity index is 1550. The Morgan fingerprint density at radius 1 is 1.16 bits per heavy atom. The Morgan fingerprint density at radius 2 is 1.95 bits per heavy atom. The molecule has 0 radical (unpaired) electrons. The fraction of sp³-hybridized carbons (Fsp3) is 0.259. The number of alkyl halides is 4. The number of imidazole rings is 1. The minimum atomic E-state index is -4.55. The third-order valence-corrected chi connectivity index (χ3v) is 6.34. The Kier molecular flexibility index (Phi) is 6.72. The average Bonchev–Trinajstić information content (AvgIpc) is 3.53. The zero-order valence-electron chi connectivity index (χ0n) is 20.3. The van der Waals surface area contributed by atoms with Crippen molar-refractivity contribution in [2.24, 2.45) is 0 Å². The molecule has 3 aromatic heterocycles. The second-order valence-corrected chi connectivity index (χ2v) is 8.72. The highest BCUT2D eigenvalue weighted by Gasteiger charge is 2.31. The minimum Gasteiger partial charge on any atom is -0.322 e. The first-order valence-corrected chi connectivity index (χ1v) is 11.9. The largest absolute Gasteiger partial charge is 0.416 e. The highest BCUT2D eigenvalue weighted by atomic mass is 19.4. The molecule has 0 spiro atoms. The third kappa shape index (κ3) is 4.77. The van der Waals surface area contributed by atoms with Crippen LogP contribution in [0.1, 0.15) is 53.2 Å². The lowest BCUT2D eigenvalue weighted by atomic mass is 10.1. The molecule has 4 aromatic rings. The summed E-state index contributed by atoms with van der Waals surface area (Å²) in [6.45, 7) is 1.80. The lowest BCUT2D eigenvalue weighted by Gasteiger charge is -2.19. The van der Waals surface area contributed by atoms with E-state index in [9.17, 15) is 22.4 Å². The monoisotopic (exact) mass is 522 g/mol. The van der Waals surface area contributed by atoms with Crippen molar-refractivity contribution in [3.05, 3.63) is 77.6 Å². The zero-order valence-corrected chi connectivity index (χ0v) is 20.3. The van der Waals surface area contributed by atoms with Crippen molar-refractivity contribution in [3.8, 4) is 23.2 Å². The maximum atomic E-state index is 13.9. The number of carbonyl (C=O) groups is 1. The van der Waals surface area contributed by atoms with E-state index in [2.05, 4.69) is 27.2 Å². The van der Waals surface area contributed by atoms with Gasteiger partial charge in [-0.15, -0.1) is 0 Å². The molecule has 1 aliphatic heterocycles. The Labute approximate surface area is 215 Å². The maximum absolute atomic E-state index is 13.9. The molecule has 0 unspecified atom stereocenters. The van der Waals surface area contributed by atoms with Crippen molar-refractivity contribution in [1.29, 1.82) is 0 Å². The van der Waals surface area contributed by atoms with Crippen LogP contribution in [0.3, 0.4) is 0 Å². The summed E-state index contributed by atoms with van der Waals surface area (Å²) < 4.78 is 54.7. The van der Waals surface area contributed by atoms with Crippen LogP contribution in [-0.2, 0) is 12.9 Å². The van der Waals surface area contributed by atoms with Gasteiger partial charge in [0.25, 0.3) is 5.91 Å². The van der Waals surface area contributed by atoms with Gasteiger partial charge in [0.05, 0.1) is 28.5 Å². The summed E-state index contributed by atoms with van der Waals surface area (Å²) in [6, 6.07) is 11.0. The number of hydrogen-bond donors (Lipinski definition) is 1. The Balaban J connectivity index is 1.47. The highest BCUT2D eigenvalue weighted by molar-refractivity contribution is 6.04. The standard InChI is InChI=1S/C27H22F4N6O/c1-2-12-36-13-3-4-21(36)25-35-23(24-20(16-28)32-11-14-37(24)25)17-5-7-18(8-6-17)26(38)34-22-15-19(9-10-33-22)27(29,30)31/h5-11,14-15,21H,3-4,13,16H2,1H3,(H,33,34,38)/t21-/m0/s1. The molecule has 38 heavy (non-hydrogen) atoms. The van der Waals surface area contributed by atoms with Crippen molar-refractivity contribution in [2.75, 3.05) is 11.9 Å². The molecule has 4 heterocycles. The van der Waals surface area contributed by atoms with Gasteiger partial charge in [-0.3, -0.25) is 14.2 Å². The number of halogens is 4. The fourth-order valence-corrected chi connectivity index (χ4v) is 4.62. The number of likely N-dealkylation sites (tertiary alicyclic amines) is 1. The van der Waals surface area contributed by atoms with Gasteiger partial charge in [0.2, 0.25) is 0 Å². The van der Waals surface area contributed by atoms with Crippen molar-refractivity contribution < 1.29 is 22.4 Å². The summed E-state index contributed by atoms with van der Waals surface area (Å²) >= 11 is 0. The van der Waals surface area contributed by atoms with Gasteiger partial charge >= 0.3 is 6.18 Å². The predicted octanol–water partition coefficient (Wildman–Crippen LogP) is 5.65. The molecule has 7 nitrogen and oxygen atoms in total. The number of benzene rings is 1. The molecule has 1 atom stereocenters. The van der Waals surface area contributed by atoms with Gasteiger partial charge in [-0.05, 0) is 44.0 Å². The van der Waals surface area contributed by atoms with Crippen molar-refractivity contribution in [2.45, 2.75) is 38.7 Å². The number of anilines is 1. The maximum Gasteiger partial charge on any atom is 0.416 e. The van der Waals surface area contributed by atoms with E-state index in [4.69, 9.17) is 4.98 Å². The van der Waals surface area contributed by atoms with E-state index in [0.29, 0.717) is 16.8 Å². The molecule has 1 N–H and O–H groups in total. The Morgan fingerprint density at radius 3 is 2.66 bits per heavy atom. The molecule has 1 amide bonds. The normalized spacial score (nSPS) is 15.4. The van der Waals surface area contributed by atoms with E-state index in [1.165, 1.54) is 18.3 Å². The SMILES string of the molecule is CC#CN1CCC[C@H]1c1nc(-c2ccc(C(=O)Nc3cc(C(F)(F)F)ccn3)cc2)c2c(CF)nccn12. The number of aromatic nitrogens is 4. The molecule has 1 fully saturated rings. The van der Waals surface area contributed by atoms with Crippen LogP contribution >= 0.6 is 0 Å². The lowest BCUT2D eigenvalue weighted by molar-refractivity contribution is -0.137. The lowest BCUT2D eigenvalue weighted by Crippen LogP contribution is -2.19. The minimum absolute atomic E-state index is 0.0661.